The van der Waals surface area contributed by atoms with Crippen molar-refractivity contribution in [2.75, 3.05) is 6.61 Å². The highest BCUT2D eigenvalue weighted by Gasteiger charge is 2.08. The zero-order valence-corrected chi connectivity index (χ0v) is 12.8. The lowest BCUT2D eigenvalue weighted by Crippen LogP contribution is -2.35. The molecule has 0 aliphatic carbocycles. The van der Waals surface area contributed by atoms with Crippen LogP contribution < -0.4 is 10.1 Å². The van der Waals surface area contributed by atoms with Crippen molar-refractivity contribution in [2.45, 2.75) is 26.3 Å². The first-order chi connectivity index (χ1) is 10.7. The zero-order valence-electron chi connectivity index (χ0n) is 12.8. The normalized spacial score (nSPS) is 12.5. The van der Waals surface area contributed by atoms with E-state index in [2.05, 4.69) is 22.4 Å². The van der Waals surface area contributed by atoms with Crippen molar-refractivity contribution >= 4 is 27.7 Å². The monoisotopic (exact) mass is 296 g/mol. The van der Waals surface area contributed by atoms with Crippen LogP contribution in [0.4, 0.5) is 0 Å². The molecule has 4 heteroatoms. The Bertz CT molecular complexity index is 807. The van der Waals surface area contributed by atoms with E-state index >= 15 is 0 Å². The molecule has 0 bridgehead atoms. The first kappa shape index (κ1) is 14.4. The van der Waals surface area contributed by atoms with Crippen LogP contribution in [0.25, 0.3) is 21.8 Å². The predicted molar refractivity (Wildman–Crippen MR) is 89.2 cm³/mol. The van der Waals surface area contributed by atoms with Gasteiger partial charge in [-0.3, -0.25) is 4.79 Å². The summed E-state index contributed by atoms with van der Waals surface area (Å²) < 4.78 is 5.59. The fourth-order valence-corrected chi connectivity index (χ4v) is 2.49. The molecule has 3 rings (SSSR count). The van der Waals surface area contributed by atoms with Crippen LogP contribution in [-0.4, -0.2) is 23.5 Å². The van der Waals surface area contributed by atoms with Gasteiger partial charge in [0.1, 0.15) is 5.75 Å². The maximum Gasteiger partial charge on any atom is 0.258 e. The average Bonchev–Trinajstić information content (AvgIpc) is 2.90. The van der Waals surface area contributed by atoms with E-state index in [1.165, 1.54) is 5.39 Å². The van der Waals surface area contributed by atoms with E-state index in [-0.39, 0.29) is 18.6 Å². The van der Waals surface area contributed by atoms with Crippen LogP contribution >= 0.6 is 0 Å². The second-order valence-electron chi connectivity index (χ2n) is 5.54. The maximum absolute atomic E-state index is 11.7. The number of aromatic amines is 1. The minimum Gasteiger partial charge on any atom is -0.484 e. The van der Waals surface area contributed by atoms with Crippen LogP contribution in [0.1, 0.15) is 20.3 Å². The summed E-state index contributed by atoms with van der Waals surface area (Å²) >= 11 is 0. The highest BCUT2D eigenvalue weighted by Crippen LogP contribution is 2.28. The number of carbonyl (C=O) groups is 1. The van der Waals surface area contributed by atoms with E-state index in [1.807, 2.05) is 44.2 Å². The zero-order chi connectivity index (χ0) is 15.5. The van der Waals surface area contributed by atoms with Crippen molar-refractivity contribution in [1.82, 2.24) is 10.3 Å². The Balaban J connectivity index is 1.75. The number of aromatic nitrogens is 1. The topological polar surface area (TPSA) is 54.1 Å². The number of amides is 1. The van der Waals surface area contributed by atoms with Crippen molar-refractivity contribution in [2.24, 2.45) is 0 Å². The molecule has 1 aromatic heterocycles. The molecule has 0 spiro atoms. The number of hydrogen-bond donors (Lipinski definition) is 2. The summed E-state index contributed by atoms with van der Waals surface area (Å²) in [6.07, 6.45) is 0.909. The number of ether oxygens (including phenoxy) is 1. The number of H-pyrrole nitrogens is 1. The number of benzene rings is 2. The van der Waals surface area contributed by atoms with Gasteiger partial charge >= 0.3 is 0 Å². The van der Waals surface area contributed by atoms with Gasteiger partial charge in [0.25, 0.3) is 5.91 Å². The first-order valence-electron chi connectivity index (χ1n) is 7.60. The van der Waals surface area contributed by atoms with Gasteiger partial charge in [-0.05, 0) is 31.5 Å². The molecule has 0 saturated heterocycles. The molecule has 1 amide bonds. The molecule has 0 fully saturated rings. The lowest BCUT2D eigenvalue weighted by atomic mass is 10.1. The van der Waals surface area contributed by atoms with E-state index in [4.69, 9.17) is 4.74 Å². The summed E-state index contributed by atoms with van der Waals surface area (Å²) in [7, 11) is 0. The van der Waals surface area contributed by atoms with Crippen molar-refractivity contribution in [3.8, 4) is 5.75 Å². The Morgan fingerprint density at radius 3 is 2.77 bits per heavy atom. The van der Waals surface area contributed by atoms with Gasteiger partial charge in [0.15, 0.2) is 6.61 Å². The van der Waals surface area contributed by atoms with Crippen molar-refractivity contribution in [1.29, 1.82) is 0 Å². The quantitative estimate of drug-likeness (QED) is 0.755. The molecule has 1 heterocycles. The second-order valence-corrected chi connectivity index (χ2v) is 5.54. The number of para-hydroxylation sites is 1. The average molecular weight is 296 g/mol. The van der Waals surface area contributed by atoms with Crippen molar-refractivity contribution < 1.29 is 9.53 Å². The van der Waals surface area contributed by atoms with Crippen LogP contribution in [0, 0.1) is 0 Å². The fourth-order valence-electron chi connectivity index (χ4n) is 2.49. The van der Waals surface area contributed by atoms with Gasteiger partial charge in [-0.1, -0.05) is 25.1 Å². The number of rotatable bonds is 5. The first-order valence-corrected chi connectivity index (χ1v) is 7.60. The molecule has 4 nitrogen and oxygen atoms in total. The Labute approximate surface area is 129 Å². The van der Waals surface area contributed by atoms with E-state index in [1.54, 1.807) is 0 Å². The second kappa shape index (κ2) is 6.10. The molecule has 22 heavy (non-hydrogen) atoms. The van der Waals surface area contributed by atoms with E-state index in [0.29, 0.717) is 5.75 Å². The molecule has 0 saturated carbocycles. The van der Waals surface area contributed by atoms with Crippen molar-refractivity contribution in [3.05, 3.63) is 42.5 Å². The molecule has 114 valence electrons. The van der Waals surface area contributed by atoms with Gasteiger partial charge in [0.2, 0.25) is 0 Å². The Hall–Kier alpha value is -2.49. The summed E-state index contributed by atoms with van der Waals surface area (Å²) in [5, 5.41) is 5.24. The predicted octanol–water partition coefficient (Wildman–Crippen LogP) is 3.61. The molecule has 1 atom stereocenters. The highest BCUT2D eigenvalue weighted by molar-refractivity contribution is 6.07. The number of fused-ring (bicyclic) bond motifs is 3. The lowest BCUT2D eigenvalue weighted by Gasteiger charge is -2.12. The third-order valence-corrected chi connectivity index (χ3v) is 3.87. The molecular weight excluding hydrogens is 276 g/mol. The molecule has 2 aromatic carbocycles. The molecular formula is C18H20N2O2. The van der Waals surface area contributed by atoms with Crippen LogP contribution in [-0.2, 0) is 4.79 Å². The molecule has 0 aliphatic heterocycles. The van der Waals surface area contributed by atoms with Gasteiger partial charge in [0.05, 0.1) is 5.52 Å². The van der Waals surface area contributed by atoms with Crippen molar-refractivity contribution in [3.63, 3.8) is 0 Å². The highest BCUT2D eigenvalue weighted by atomic mass is 16.5. The molecule has 0 aliphatic rings. The van der Waals surface area contributed by atoms with E-state index < -0.39 is 0 Å². The SMILES string of the molecule is CC[C@@H](C)NC(=O)COc1ccc2c(c1)[nH]c1ccccc12. The third-order valence-electron chi connectivity index (χ3n) is 3.87. The Morgan fingerprint density at radius 1 is 1.18 bits per heavy atom. The van der Waals surface area contributed by atoms with Gasteiger partial charge in [-0.2, -0.15) is 0 Å². The number of nitrogens with one attached hydrogen (secondary N) is 2. The minimum atomic E-state index is -0.0916. The fraction of sp³-hybridized carbons (Fsp3) is 0.278. The standard InChI is InChI=1S/C18H20N2O2/c1-3-12(2)19-18(21)11-22-13-8-9-15-14-6-4-5-7-16(14)20-17(15)10-13/h4-10,12,20H,3,11H2,1-2H3,(H,19,21)/t12-/m1/s1. The largest absolute Gasteiger partial charge is 0.484 e. The Kier molecular flexibility index (Phi) is 4.00. The van der Waals surface area contributed by atoms with Crippen LogP contribution in [0.5, 0.6) is 5.75 Å². The van der Waals surface area contributed by atoms with Gasteiger partial charge in [0, 0.05) is 28.4 Å². The minimum absolute atomic E-state index is 0.0378. The Morgan fingerprint density at radius 2 is 1.95 bits per heavy atom. The lowest BCUT2D eigenvalue weighted by molar-refractivity contribution is -0.123. The van der Waals surface area contributed by atoms with Crippen LogP contribution in [0.15, 0.2) is 42.5 Å². The summed E-state index contributed by atoms with van der Waals surface area (Å²) in [5.41, 5.74) is 2.12. The number of carbonyl (C=O) groups excluding carboxylic acids is 1. The van der Waals surface area contributed by atoms with Crippen LogP contribution in [0.2, 0.25) is 0 Å². The van der Waals surface area contributed by atoms with E-state index in [9.17, 15) is 4.79 Å². The summed E-state index contributed by atoms with van der Waals surface area (Å²) in [5.74, 6) is 0.601. The van der Waals surface area contributed by atoms with Gasteiger partial charge in [-0.15, -0.1) is 0 Å². The molecule has 0 unspecified atom stereocenters. The molecule has 0 radical (unpaired) electrons. The smallest absolute Gasteiger partial charge is 0.258 e. The molecule has 2 N–H and O–H groups in total. The van der Waals surface area contributed by atoms with Gasteiger partial charge < -0.3 is 15.0 Å². The van der Waals surface area contributed by atoms with Gasteiger partial charge in [-0.25, -0.2) is 0 Å². The van der Waals surface area contributed by atoms with E-state index in [0.717, 1.165) is 22.8 Å². The summed E-state index contributed by atoms with van der Waals surface area (Å²) in [6.45, 7) is 4.06. The van der Waals surface area contributed by atoms with Crippen LogP contribution in [0.3, 0.4) is 0 Å². The third kappa shape index (κ3) is 2.91. The summed E-state index contributed by atoms with van der Waals surface area (Å²) in [4.78, 5) is 15.1. The summed E-state index contributed by atoms with van der Waals surface area (Å²) in [6, 6.07) is 14.2. The number of hydrogen-bond acceptors (Lipinski definition) is 2. The maximum atomic E-state index is 11.7. The molecule has 3 aromatic rings.